The van der Waals surface area contributed by atoms with E-state index in [9.17, 15) is 0 Å². The first-order valence-electron chi connectivity index (χ1n) is 5.93. The Kier molecular flexibility index (Phi) is 3.71. The van der Waals surface area contributed by atoms with Crippen LogP contribution >= 0.6 is 11.6 Å². The molecule has 6 nitrogen and oxygen atoms in total. The van der Waals surface area contributed by atoms with Gasteiger partial charge in [-0.05, 0) is 6.92 Å². The normalized spacial score (nSPS) is 11.6. The number of halogens is 1. The summed E-state index contributed by atoms with van der Waals surface area (Å²) in [6, 6.07) is 1.67. The van der Waals surface area contributed by atoms with E-state index in [1.54, 1.807) is 13.0 Å². The Hall–Kier alpha value is -1.69. The number of rotatable bonds is 3. The molecular weight excluding hydrogens is 266 g/mol. The zero-order valence-corrected chi connectivity index (χ0v) is 12.1. The summed E-state index contributed by atoms with van der Waals surface area (Å²) in [4.78, 5) is 12.8. The molecule has 19 heavy (non-hydrogen) atoms. The van der Waals surface area contributed by atoms with Gasteiger partial charge in [0.1, 0.15) is 16.8 Å². The molecule has 102 valence electrons. The molecule has 7 heteroatoms. The highest BCUT2D eigenvalue weighted by atomic mass is 35.5. The van der Waals surface area contributed by atoms with Crippen LogP contribution in [0.3, 0.4) is 0 Å². The average Bonchev–Trinajstić information content (AvgIpc) is 2.71. The Morgan fingerprint density at radius 1 is 1.26 bits per heavy atom. The van der Waals surface area contributed by atoms with Crippen LogP contribution in [0, 0.1) is 6.92 Å². The number of nitrogens with one attached hydrogen (secondary N) is 1. The van der Waals surface area contributed by atoms with Gasteiger partial charge in [-0.2, -0.15) is 4.98 Å². The molecule has 0 bridgehead atoms. The maximum absolute atomic E-state index is 6.00. The quantitative estimate of drug-likeness (QED) is 0.872. The minimum absolute atomic E-state index is 0.164. The van der Waals surface area contributed by atoms with E-state index in [1.165, 1.54) is 0 Å². The molecule has 0 saturated carbocycles. The second-order valence-electron chi connectivity index (χ2n) is 5.24. The number of hydrogen-bond donors (Lipinski definition) is 1. The molecule has 2 heterocycles. The van der Waals surface area contributed by atoms with E-state index >= 15 is 0 Å². The molecule has 2 aromatic heterocycles. The Labute approximate surface area is 116 Å². The van der Waals surface area contributed by atoms with Crippen molar-refractivity contribution >= 4 is 17.4 Å². The predicted molar refractivity (Wildman–Crippen MR) is 72.1 cm³/mol. The van der Waals surface area contributed by atoms with Crippen molar-refractivity contribution in [1.82, 2.24) is 20.1 Å². The maximum atomic E-state index is 6.00. The van der Waals surface area contributed by atoms with Gasteiger partial charge in [-0.3, -0.25) is 0 Å². The minimum atomic E-state index is -0.164. The fraction of sp³-hybridized carbons (Fsp3) is 0.500. The molecular formula is C12H16ClN5O. The van der Waals surface area contributed by atoms with Gasteiger partial charge >= 0.3 is 0 Å². The Morgan fingerprint density at radius 2 is 2.00 bits per heavy atom. The molecule has 0 atom stereocenters. The van der Waals surface area contributed by atoms with Crippen molar-refractivity contribution in [2.24, 2.45) is 0 Å². The van der Waals surface area contributed by atoms with E-state index < -0.39 is 0 Å². The van der Waals surface area contributed by atoms with E-state index in [2.05, 4.69) is 25.4 Å². The number of aryl methyl sites for hydroxylation is 1. The summed E-state index contributed by atoms with van der Waals surface area (Å²) in [5.41, 5.74) is -0.164. The zero-order valence-electron chi connectivity index (χ0n) is 11.4. The van der Waals surface area contributed by atoms with Crippen molar-refractivity contribution < 1.29 is 4.52 Å². The Morgan fingerprint density at radius 3 is 2.58 bits per heavy atom. The van der Waals surface area contributed by atoms with Crippen molar-refractivity contribution in [2.75, 3.05) is 5.32 Å². The van der Waals surface area contributed by atoms with Gasteiger partial charge in [0.2, 0.25) is 5.89 Å². The monoisotopic (exact) mass is 281 g/mol. The summed E-state index contributed by atoms with van der Waals surface area (Å²) in [5, 5.41) is 7.22. The first-order valence-corrected chi connectivity index (χ1v) is 6.30. The smallest absolute Gasteiger partial charge is 0.245 e. The Bertz CT molecular complexity index is 576. The highest BCUT2D eigenvalue weighted by Crippen LogP contribution is 2.22. The third-order valence-electron chi connectivity index (χ3n) is 2.36. The summed E-state index contributed by atoms with van der Waals surface area (Å²) in [7, 11) is 0. The highest BCUT2D eigenvalue weighted by Gasteiger charge is 2.18. The molecule has 0 aromatic carbocycles. The molecule has 0 aliphatic heterocycles. The van der Waals surface area contributed by atoms with Crippen LogP contribution in [0.4, 0.5) is 5.82 Å². The number of nitrogens with zero attached hydrogens (tertiary/aromatic N) is 4. The molecule has 0 saturated heterocycles. The van der Waals surface area contributed by atoms with Crippen molar-refractivity contribution in [2.45, 2.75) is 39.7 Å². The third-order valence-corrected chi connectivity index (χ3v) is 2.55. The lowest BCUT2D eigenvalue weighted by molar-refractivity contribution is 0.379. The zero-order chi connectivity index (χ0) is 14.0. The number of hydrogen-bond acceptors (Lipinski definition) is 6. The second-order valence-corrected chi connectivity index (χ2v) is 5.63. The van der Waals surface area contributed by atoms with Gasteiger partial charge in [-0.25, -0.2) is 9.97 Å². The van der Waals surface area contributed by atoms with Crippen LogP contribution in [0.2, 0.25) is 5.15 Å². The summed E-state index contributed by atoms with van der Waals surface area (Å²) >= 11 is 6.00. The Balaban J connectivity index is 2.14. The lowest BCUT2D eigenvalue weighted by Gasteiger charge is -2.17. The summed E-state index contributed by atoms with van der Waals surface area (Å²) in [5.74, 6) is 2.43. The van der Waals surface area contributed by atoms with E-state index in [0.29, 0.717) is 35.1 Å². The fourth-order valence-corrected chi connectivity index (χ4v) is 1.61. The van der Waals surface area contributed by atoms with Gasteiger partial charge in [0.25, 0.3) is 0 Å². The molecule has 2 rings (SSSR count). The molecule has 0 unspecified atom stereocenters. The van der Waals surface area contributed by atoms with Crippen LogP contribution in [0.25, 0.3) is 0 Å². The summed E-state index contributed by atoms with van der Waals surface area (Å²) in [6.07, 6.45) is 0. The first-order chi connectivity index (χ1) is 8.84. The fourth-order valence-electron chi connectivity index (χ4n) is 1.42. The predicted octanol–water partition coefficient (Wildman–Crippen LogP) is 2.73. The van der Waals surface area contributed by atoms with E-state index in [1.807, 2.05) is 20.8 Å². The van der Waals surface area contributed by atoms with Gasteiger partial charge in [0.05, 0.1) is 6.54 Å². The van der Waals surface area contributed by atoms with E-state index in [0.717, 1.165) is 0 Å². The van der Waals surface area contributed by atoms with Gasteiger partial charge in [0, 0.05) is 11.5 Å². The standard InChI is InChI=1S/C12H16ClN5O/c1-7-15-10(19-18-7)6-14-9-5-8(13)16-11(17-9)12(2,3)4/h5H,6H2,1-4H3,(H,14,16,17). The SMILES string of the molecule is Cc1noc(CNc2cc(Cl)nc(C(C)(C)C)n2)n1. The van der Waals surface area contributed by atoms with Gasteiger partial charge < -0.3 is 9.84 Å². The van der Waals surface area contributed by atoms with Crippen molar-refractivity contribution in [3.63, 3.8) is 0 Å². The third kappa shape index (κ3) is 3.64. The molecule has 0 aliphatic rings. The molecule has 1 N–H and O–H groups in total. The average molecular weight is 282 g/mol. The summed E-state index contributed by atoms with van der Waals surface area (Å²) < 4.78 is 5.01. The lowest BCUT2D eigenvalue weighted by Crippen LogP contribution is -2.17. The molecule has 0 aliphatic carbocycles. The van der Waals surface area contributed by atoms with Crippen molar-refractivity contribution in [3.05, 3.63) is 28.8 Å². The highest BCUT2D eigenvalue weighted by molar-refractivity contribution is 6.29. The lowest BCUT2D eigenvalue weighted by atomic mass is 9.96. The second kappa shape index (κ2) is 5.13. The topological polar surface area (TPSA) is 76.7 Å². The van der Waals surface area contributed by atoms with Crippen molar-refractivity contribution in [1.29, 1.82) is 0 Å². The van der Waals surface area contributed by atoms with Gasteiger partial charge in [-0.1, -0.05) is 37.5 Å². The maximum Gasteiger partial charge on any atom is 0.245 e. The van der Waals surface area contributed by atoms with Crippen molar-refractivity contribution in [3.8, 4) is 0 Å². The van der Waals surface area contributed by atoms with Gasteiger partial charge in [0.15, 0.2) is 5.82 Å². The molecule has 0 spiro atoms. The molecule has 2 aromatic rings. The van der Waals surface area contributed by atoms with Crippen LogP contribution in [0.15, 0.2) is 10.6 Å². The number of aromatic nitrogens is 4. The van der Waals surface area contributed by atoms with Crippen LogP contribution < -0.4 is 5.32 Å². The summed E-state index contributed by atoms with van der Waals surface area (Å²) in [6.45, 7) is 8.27. The number of anilines is 1. The molecule has 0 fully saturated rings. The largest absolute Gasteiger partial charge is 0.361 e. The van der Waals surface area contributed by atoms with E-state index in [-0.39, 0.29) is 5.41 Å². The van der Waals surface area contributed by atoms with Gasteiger partial charge in [-0.15, -0.1) is 0 Å². The minimum Gasteiger partial charge on any atom is -0.361 e. The molecule has 0 radical (unpaired) electrons. The van der Waals surface area contributed by atoms with Crippen LogP contribution in [-0.4, -0.2) is 20.1 Å². The molecule has 0 amide bonds. The van der Waals surface area contributed by atoms with Crippen LogP contribution in [0.5, 0.6) is 0 Å². The van der Waals surface area contributed by atoms with E-state index in [4.69, 9.17) is 16.1 Å². The van der Waals surface area contributed by atoms with Crippen LogP contribution in [-0.2, 0) is 12.0 Å². The van der Waals surface area contributed by atoms with Crippen LogP contribution in [0.1, 0.15) is 38.3 Å². The first kappa shape index (κ1) is 13.7.